The van der Waals surface area contributed by atoms with Gasteiger partial charge in [0.15, 0.2) is 11.6 Å². The summed E-state index contributed by atoms with van der Waals surface area (Å²) in [6, 6.07) is 0. The molecule has 0 fully saturated rings. The third kappa shape index (κ3) is 4.16. The van der Waals surface area contributed by atoms with E-state index in [1.165, 1.54) is 6.92 Å². The number of nitrogens with one attached hydrogen (secondary N) is 1. The molecule has 0 saturated heterocycles. The first kappa shape index (κ1) is 19.5. The van der Waals surface area contributed by atoms with Crippen LogP contribution < -0.4 is 11.0 Å². The number of rotatable bonds is 3. The minimum Gasteiger partial charge on any atom is -0.502 e. The van der Waals surface area contributed by atoms with Crippen LogP contribution in [0.5, 0.6) is 11.5 Å². The van der Waals surface area contributed by atoms with Crippen molar-refractivity contribution in [1.82, 2.24) is 9.55 Å². The second-order valence-electron chi connectivity index (χ2n) is 6.39. The van der Waals surface area contributed by atoms with Crippen molar-refractivity contribution >= 4 is 11.9 Å². The third-order valence-electron chi connectivity index (χ3n) is 4.30. The summed E-state index contributed by atoms with van der Waals surface area (Å²) >= 11 is 0. The second-order valence-corrected chi connectivity index (χ2v) is 6.39. The van der Waals surface area contributed by atoms with Crippen LogP contribution in [0.15, 0.2) is 27.6 Å². The van der Waals surface area contributed by atoms with Gasteiger partial charge in [0, 0.05) is 0 Å². The number of amides is 1. The predicted octanol–water partition coefficient (Wildman–Crippen LogP) is 3.12. The van der Waals surface area contributed by atoms with Gasteiger partial charge in [-0.1, -0.05) is 12.5 Å². The molecular weight excluding hydrogens is 373 g/mol. The Morgan fingerprint density at radius 1 is 1.36 bits per heavy atom. The summed E-state index contributed by atoms with van der Waals surface area (Å²) in [5.41, 5.74) is -1.04. The predicted molar refractivity (Wildman–Crippen MR) is 96.2 cm³/mol. The van der Waals surface area contributed by atoms with Gasteiger partial charge in [-0.2, -0.15) is 4.98 Å². The molecule has 10 heteroatoms. The molecule has 1 atom stereocenters. The fourth-order valence-corrected chi connectivity index (χ4v) is 2.83. The number of allylic oxidation sites excluding steroid dienone is 1. The molecule has 1 unspecified atom stereocenters. The van der Waals surface area contributed by atoms with E-state index in [-0.39, 0.29) is 5.76 Å². The van der Waals surface area contributed by atoms with E-state index in [1.807, 2.05) is 6.08 Å². The quantitative estimate of drug-likeness (QED) is 0.684. The highest BCUT2D eigenvalue weighted by molar-refractivity contribution is 5.83. The lowest BCUT2D eigenvalue weighted by atomic mass is 10.0. The molecule has 0 bridgehead atoms. The molecule has 3 N–H and O–H groups in total. The molecule has 0 radical (unpaired) electrons. The molecule has 1 amide bonds. The molecule has 2 aromatic rings. The van der Waals surface area contributed by atoms with Crippen LogP contribution in [0.4, 0.5) is 15.0 Å². The number of hydrogen-bond acceptors (Lipinski definition) is 7. The summed E-state index contributed by atoms with van der Waals surface area (Å²) in [5, 5.41) is 21.4. The van der Waals surface area contributed by atoms with E-state index in [9.17, 15) is 24.2 Å². The van der Waals surface area contributed by atoms with Crippen LogP contribution in [-0.2, 0) is 4.74 Å². The van der Waals surface area contributed by atoms with Gasteiger partial charge in [-0.05, 0) is 38.7 Å². The number of aryl methyl sites for hydroxylation is 1. The Hall–Kier alpha value is -3.30. The van der Waals surface area contributed by atoms with Gasteiger partial charge in [-0.15, -0.1) is 0 Å². The molecule has 9 nitrogen and oxygen atoms in total. The zero-order chi connectivity index (χ0) is 20.3. The van der Waals surface area contributed by atoms with Gasteiger partial charge in [-0.25, -0.2) is 18.5 Å². The number of ether oxygens (including phenoxy) is 1. The Morgan fingerprint density at radius 3 is 2.86 bits per heavy atom. The average Bonchev–Trinajstić information content (AvgIpc) is 2.87. The SMILES string of the molecule is Cc1oc(-n2cc(F)c(NC(=O)OC3C=CCCCCC3)nc2=O)c(O)c1O. The molecule has 2 heterocycles. The van der Waals surface area contributed by atoms with Crippen LogP contribution in [0.3, 0.4) is 0 Å². The highest BCUT2D eigenvalue weighted by atomic mass is 19.1. The van der Waals surface area contributed by atoms with E-state index in [4.69, 9.17) is 9.15 Å². The van der Waals surface area contributed by atoms with Crippen LogP contribution in [0.1, 0.15) is 37.9 Å². The smallest absolute Gasteiger partial charge is 0.413 e. The van der Waals surface area contributed by atoms with Crippen molar-refractivity contribution < 1.29 is 28.6 Å². The number of nitrogens with zero attached hydrogens (tertiary/aromatic N) is 2. The normalized spacial score (nSPS) is 17.0. The van der Waals surface area contributed by atoms with Gasteiger partial charge in [0.05, 0.1) is 6.20 Å². The van der Waals surface area contributed by atoms with Crippen molar-refractivity contribution in [3.8, 4) is 17.4 Å². The van der Waals surface area contributed by atoms with Crippen LogP contribution >= 0.6 is 0 Å². The molecule has 0 saturated carbocycles. The van der Waals surface area contributed by atoms with E-state index < -0.39 is 46.9 Å². The van der Waals surface area contributed by atoms with Crippen LogP contribution in [0.25, 0.3) is 5.88 Å². The van der Waals surface area contributed by atoms with Crippen molar-refractivity contribution in [3.05, 3.63) is 40.4 Å². The first-order valence-electron chi connectivity index (χ1n) is 8.82. The Balaban J connectivity index is 1.77. The molecule has 0 aliphatic heterocycles. The number of aromatic nitrogens is 2. The number of halogens is 1. The highest BCUT2D eigenvalue weighted by Crippen LogP contribution is 2.37. The maximum atomic E-state index is 14.3. The summed E-state index contributed by atoms with van der Waals surface area (Å²) in [7, 11) is 0. The largest absolute Gasteiger partial charge is 0.502 e. The van der Waals surface area contributed by atoms with Gasteiger partial charge in [0.2, 0.25) is 11.5 Å². The van der Waals surface area contributed by atoms with E-state index in [1.54, 1.807) is 6.08 Å². The lowest BCUT2D eigenvalue weighted by Crippen LogP contribution is -2.27. The van der Waals surface area contributed by atoms with Crippen LogP contribution in [0.2, 0.25) is 0 Å². The summed E-state index contributed by atoms with van der Waals surface area (Å²) < 4.78 is 25.2. The molecule has 1 aliphatic carbocycles. The Kier molecular flexibility index (Phi) is 5.67. The van der Waals surface area contributed by atoms with Gasteiger partial charge in [0.1, 0.15) is 11.9 Å². The van der Waals surface area contributed by atoms with E-state index in [0.29, 0.717) is 17.2 Å². The summed E-state index contributed by atoms with van der Waals surface area (Å²) in [6.07, 6.45) is 7.62. The Morgan fingerprint density at radius 2 is 2.14 bits per heavy atom. The van der Waals surface area contributed by atoms with Gasteiger partial charge in [0.25, 0.3) is 5.88 Å². The van der Waals surface area contributed by atoms with E-state index >= 15 is 0 Å². The van der Waals surface area contributed by atoms with Crippen molar-refractivity contribution in [2.75, 3.05) is 5.32 Å². The molecule has 0 spiro atoms. The molecule has 2 aromatic heterocycles. The zero-order valence-electron chi connectivity index (χ0n) is 15.1. The molecule has 3 rings (SSSR count). The average molecular weight is 393 g/mol. The summed E-state index contributed by atoms with van der Waals surface area (Å²) in [6.45, 7) is 1.35. The lowest BCUT2D eigenvalue weighted by Gasteiger charge is -2.16. The maximum Gasteiger partial charge on any atom is 0.413 e. The molecular formula is C18H20FN3O6. The molecule has 1 aliphatic rings. The fraction of sp³-hybridized carbons (Fsp3) is 0.389. The number of furan rings is 1. The maximum absolute atomic E-state index is 14.3. The molecule has 150 valence electrons. The number of aromatic hydroxyl groups is 2. The van der Waals surface area contributed by atoms with Gasteiger partial charge >= 0.3 is 11.8 Å². The first-order chi connectivity index (χ1) is 13.4. The monoisotopic (exact) mass is 393 g/mol. The lowest BCUT2D eigenvalue weighted by molar-refractivity contribution is 0.127. The van der Waals surface area contributed by atoms with E-state index in [2.05, 4.69) is 10.3 Å². The molecule has 28 heavy (non-hydrogen) atoms. The van der Waals surface area contributed by atoms with Crippen molar-refractivity contribution in [2.24, 2.45) is 0 Å². The van der Waals surface area contributed by atoms with Crippen LogP contribution in [0, 0.1) is 12.7 Å². The first-order valence-corrected chi connectivity index (χ1v) is 8.82. The Labute approximate surface area is 159 Å². The third-order valence-corrected chi connectivity index (χ3v) is 4.30. The minimum atomic E-state index is -1.06. The molecule has 0 aromatic carbocycles. The topological polar surface area (TPSA) is 127 Å². The summed E-state index contributed by atoms with van der Waals surface area (Å²) in [5.74, 6) is -3.51. The van der Waals surface area contributed by atoms with Crippen molar-refractivity contribution in [1.29, 1.82) is 0 Å². The second kappa shape index (κ2) is 8.15. The highest BCUT2D eigenvalue weighted by Gasteiger charge is 2.22. The number of anilines is 1. The zero-order valence-corrected chi connectivity index (χ0v) is 15.1. The number of hydrogen-bond donors (Lipinski definition) is 3. The number of carbonyl (C=O) groups excluding carboxylic acids is 1. The standard InChI is InChI=1S/C18H20FN3O6/c1-10-13(23)14(24)16(27-10)22-9-12(19)15(20-17(22)25)21-18(26)28-11-7-5-3-2-4-6-8-11/h5,7,9,11,23-24H,2-4,6,8H2,1H3,(H,20,21,25,26). The van der Waals surface area contributed by atoms with Gasteiger partial charge < -0.3 is 19.4 Å². The minimum absolute atomic E-state index is 0.0576. The Bertz CT molecular complexity index is 965. The summed E-state index contributed by atoms with van der Waals surface area (Å²) in [4.78, 5) is 27.6. The van der Waals surface area contributed by atoms with E-state index in [0.717, 1.165) is 25.7 Å². The number of carbonyl (C=O) groups is 1. The van der Waals surface area contributed by atoms with Crippen molar-refractivity contribution in [3.63, 3.8) is 0 Å². The van der Waals surface area contributed by atoms with Gasteiger partial charge in [-0.3, -0.25) is 5.32 Å². The van der Waals surface area contributed by atoms with Crippen molar-refractivity contribution in [2.45, 2.75) is 45.1 Å². The van der Waals surface area contributed by atoms with Crippen LogP contribution in [-0.4, -0.2) is 32.0 Å². The fourth-order valence-electron chi connectivity index (χ4n) is 2.83.